The number of halogens is 2. The molecule has 0 spiro atoms. The maximum absolute atomic E-state index is 9.96. The largest absolute Gasteiger partial charge is 0.497 e. The molecule has 0 aliphatic heterocycles. The van der Waals surface area contributed by atoms with Crippen LogP contribution in [0.3, 0.4) is 0 Å². The Morgan fingerprint density at radius 1 is 0.274 bits per heavy atom. The van der Waals surface area contributed by atoms with E-state index in [4.69, 9.17) is 32.7 Å². The number of fused-ring (bicyclic) bond motifs is 21. The molecule has 0 unspecified atom stereocenters. The van der Waals surface area contributed by atoms with Gasteiger partial charge in [0.1, 0.15) is 11.5 Å². The van der Waals surface area contributed by atoms with E-state index in [0.29, 0.717) is 0 Å². The van der Waals surface area contributed by atoms with E-state index < -0.39 is 0 Å². The van der Waals surface area contributed by atoms with E-state index in [1.54, 1.807) is 14.2 Å². The molecule has 0 bridgehead atoms. The van der Waals surface area contributed by atoms with E-state index >= 15 is 0 Å². The van der Waals surface area contributed by atoms with Crippen molar-refractivity contribution in [2.75, 3.05) is 29.3 Å². The van der Waals surface area contributed by atoms with Crippen LogP contribution in [0.2, 0.25) is 10.0 Å². The Hall–Kier alpha value is -13.9. The van der Waals surface area contributed by atoms with Gasteiger partial charge < -0.3 is 38.5 Å². The second-order valence-electron chi connectivity index (χ2n) is 29.2. The molecule has 2 N–H and O–H groups in total. The van der Waals surface area contributed by atoms with E-state index in [1.165, 1.54) is 141 Å². The summed E-state index contributed by atoms with van der Waals surface area (Å²) >= 11 is 12.8. The van der Waals surface area contributed by atoms with Gasteiger partial charge in [-0.05, 0) is 263 Å². The Morgan fingerprint density at radius 3 is 1.13 bits per heavy atom. The van der Waals surface area contributed by atoms with Crippen LogP contribution in [0.15, 0.2) is 358 Å². The van der Waals surface area contributed by atoms with Gasteiger partial charge in [0.2, 0.25) is 0 Å². The number of anilines is 8. The normalized spacial score (nSPS) is 11.8. The third-order valence-corrected chi connectivity index (χ3v) is 23.2. The molecule has 0 aliphatic rings. The fourth-order valence-electron chi connectivity index (χ4n) is 17.4. The molecule has 0 saturated carbocycles. The molecule has 4 heterocycles. The molecule has 8 nitrogen and oxygen atoms in total. The van der Waals surface area contributed by atoms with Gasteiger partial charge in [0.25, 0.3) is 0 Å². The monoisotopic (exact) mass is 1490 g/mol. The van der Waals surface area contributed by atoms with Gasteiger partial charge in [0.15, 0.2) is 0 Å². The number of hydrogen-bond acceptors (Lipinski definition) is 6. The number of nitrogens with zero attached hydrogens (tertiary/aromatic N) is 4. The van der Waals surface area contributed by atoms with Gasteiger partial charge >= 0.3 is 0 Å². The van der Waals surface area contributed by atoms with E-state index in [9.17, 15) is 5.11 Å². The lowest BCUT2D eigenvalue weighted by molar-refractivity contribution is 0.282. The SMILES string of the molecule is COc1ccc(N(c2ccc3ccccc3c2)c2ccc3c4cc5ccc(N(c6ccc(CO)cc6)c6ccc7ccccc7c6)cc5c5c6cc7ccccc7cc6n(c3c2)c45)cc1.COc1ccc(Nc2ccc3ccccc3c2)cc1.Clc1ccc2cc3c4ccc(Cl)cc4n4c5cc6ccccc6cc5c(c2c1)c34. The van der Waals surface area contributed by atoms with Crippen molar-refractivity contribution in [2.24, 2.45) is 0 Å². The van der Waals surface area contributed by atoms with Crippen molar-refractivity contribution < 1.29 is 14.6 Å². The Bertz CT molecular complexity index is 7490. The predicted octanol–water partition coefficient (Wildman–Crippen LogP) is 28.9. The summed E-state index contributed by atoms with van der Waals surface area (Å²) in [5.74, 6) is 1.68. The van der Waals surface area contributed by atoms with Gasteiger partial charge in [-0.2, -0.15) is 0 Å². The molecule has 23 rings (SSSR count). The van der Waals surface area contributed by atoms with Crippen LogP contribution in [0.5, 0.6) is 11.5 Å². The minimum absolute atomic E-state index is 0.00186. The van der Waals surface area contributed by atoms with Crippen LogP contribution >= 0.6 is 23.2 Å². The molecule has 0 aliphatic carbocycles. The zero-order chi connectivity index (χ0) is 75.5. The van der Waals surface area contributed by atoms with E-state index in [-0.39, 0.29) is 6.61 Å². The minimum atomic E-state index is -0.00186. The molecule has 0 atom stereocenters. The molecular formula is C103H69Cl2N5O3. The number of aromatic nitrogens is 2. The highest BCUT2D eigenvalue weighted by Crippen LogP contribution is 2.50. The first-order chi connectivity index (χ1) is 55.6. The smallest absolute Gasteiger partial charge is 0.119 e. The highest BCUT2D eigenvalue weighted by molar-refractivity contribution is 6.37. The number of rotatable bonds is 11. The van der Waals surface area contributed by atoms with Gasteiger partial charge in [-0.3, -0.25) is 0 Å². The first-order valence-electron chi connectivity index (χ1n) is 37.9. The predicted molar refractivity (Wildman–Crippen MR) is 479 cm³/mol. The summed E-state index contributed by atoms with van der Waals surface area (Å²) < 4.78 is 15.6. The second-order valence-corrected chi connectivity index (χ2v) is 30.1. The van der Waals surface area contributed by atoms with Gasteiger partial charge in [-0.15, -0.1) is 0 Å². The van der Waals surface area contributed by atoms with E-state index in [2.05, 4.69) is 321 Å². The van der Waals surface area contributed by atoms with Crippen molar-refractivity contribution in [3.8, 4) is 11.5 Å². The summed E-state index contributed by atoms with van der Waals surface area (Å²) in [4.78, 5) is 4.69. The van der Waals surface area contributed by atoms with Crippen LogP contribution in [-0.4, -0.2) is 28.1 Å². The van der Waals surface area contributed by atoms with E-state index in [0.717, 1.165) is 83.6 Å². The van der Waals surface area contributed by atoms with Crippen molar-refractivity contribution in [3.05, 3.63) is 374 Å². The molecule has 19 aromatic carbocycles. The van der Waals surface area contributed by atoms with Gasteiger partial charge in [-0.25, -0.2) is 0 Å². The van der Waals surface area contributed by atoms with Crippen LogP contribution in [0, 0.1) is 0 Å². The zero-order valence-electron chi connectivity index (χ0n) is 61.6. The van der Waals surface area contributed by atoms with Crippen molar-refractivity contribution in [3.63, 3.8) is 0 Å². The van der Waals surface area contributed by atoms with Crippen LogP contribution in [-0.2, 0) is 6.61 Å². The topological polar surface area (TPSA) is 66.0 Å². The third kappa shape index (κ3) is 11.6. The Labute approximate surface area is 660 Å². The number of aliphatic hydroxyl groups is 1. The number of methoxy groups -OCH3 is 2. The van der Waals surface area contributed by atoms with Crippen molar-refractivity contribution in [1.82, 2.24) is 8.80 Å². The lowest BCUT2D eigenvalue weighted by Gasteiger charge is -2.26. The summed E-state index contributed by atoms with van der Waals surface area (Å²) in [5.41, 5.74) is 16.5. The lowest BCUT2D eigenvalue weighted by atomic mass is 9.98. The quantitative estimate of drug-likeness (QED) is 0.135. The third-order valence-electron chi connectivity index (χ3n) is 22.7. The highest BCUT2D eigenvalue weighted by atomic mass is 35.5. The maximum Gasteiger partial charge on any atom is 0.119 e. The molecule has 0 amide bonds. The molecule has 10 heteroatoms. The summed E-state index contributed by atoms with van der Waals surface area (Å²) in [5, 5.41) is 41.7. The number of hydrogen-bond donors (Lipinski definition) is 2. The highest BCUT2D eigenvalue weighted by Gasteiger charge is 2.26. The fourth-order valence-corrected chi connectivity index (χ4v) is 17.7. The van der Waals surface area contributed by atoms with E-state index in [1.807, 2.05) is 60.7 Å². The molecule has 113 heavy (non-hydrogen) atoms. The number of benzene rings is 19. The van der Waals surface area contributed by atoms with Crippen LogP contribution in [0.1, 0.15) is 5.56 Å². The Kier molecular flexibility index (Phi) is 16.3. The summed E-state index contributed by atoms with van der Waals surface area (Å²) in [6.45, 7) is -0.00186. The molecule has 4 aromatic heterocycles. The molecule has 0 saturated heterocycles. The minimum Gasteiger partial charge on any atom is -0.497 e. The van der Waals surface area contributed by atoms with Gasteiger partial charge in [0.05, 0.1) is 53.9 Å². The average Bonchev–Trinajstić information content (AvgIpc) is 1.53. The maximum atomic E-state index is 9.96. The van der Waals surface area contributed by atoms with Crippen molar-refractivity contribution in [2.45, 2.75) is 6.61 Å². The van der Waals surface area contributed by atoms with Crippen molar-refractivity contribution >= 4 is 220 Å². The molecule has 0 fully saturated rings. The van der Waals surface area contributed by atoms with Crippen LogP contribution in [0.4, 0.5) is 45.5 Å². The number of aliphatic hydroxyl groups excluding tert-OH is 1. The summed E-state index contributed by atoms with van der Waals surface area (Å²) in [7, 11) is 3.38. The van der Waals surface area contributed by atoms with Crippen LogP contribution in [0.25, 0.3) is 152 Å². The number of ether oxygens (including phenoxy) is 2. The fraction of sp³-hybridized carbons (Fsp3) is 0.0291. The average molecular weight is 1500 g/mol. The molecule has 538 valence electrons. The lowest BCUT2D eigenvalue weighted by Crippen LogP contribution is -2.10. The first kappa shape index (κ1) is 67.3. The van der Waals surface area contributed by atoms with Crippen molar-refractivity contribution in [1.29, 1.82) is 0 Å². The first-order valence-corrected chi connectivity index (χ1v) is 38.7. The molecule has 0 radical (unpaired) electrons. The Morgan fingerprint density at radius 2 is 0.619 bits per heavy atom. The second kappa shape index (κ2) is 27.3. The zero-order valence-corrected chi connectivity index (χ0v) is 63.1. The Balaban J connectivity index is 0.000000136. The molecule has 23 aromatic rings. The van der Waals surface area contributed by atoms with Crippen LogP contribution < -0.4 is 24.6 Å². The summed E-state index contributed by atoms with van der Waals surface area (Å²) in [6, 6.07) is 127. The van der Waals surface area contributed by atoms with Gasteiger partial charge in [-0.1, -0.05) is 199 Å². The van der Waals surface area contributed by atoms with Gasteiger partial charge in [0, 0.05) is 98.6 Å². The molecular weight excluding hydrogens is 1430 g/mol. The summed E-state index contributed by atoms with van der Waals surface area (Å²) in [6.07, 6.45) is 0. The number of nitrogens with one attached hydrogen (secondary N) is 1. The standard InChI is InChI=1S/C60H41N3O2.C26H13Cl2N.C17H15NO/c1-65-52-27-24-47(25-28-52)62(49-22-17-40-9-3-5-11-42(40)31-49)51-26-29-53-55-33-45-18-23-50(61(46-19-14-38(37-64)15-20-46)48-21-16-39-8-2-4-10-41(39)30-48)35-54(45)59-56-32-43-12-6-7-13-44(43)34-57(56)63(60(55)59)58(53)36-51;27-17-6-5-16-10-21-19-8-7-18(28)13-24(19)29-23-11-15-4-2-1-3-14(15)9-22(23)25(26(21)29)20(16)12-17;1-19-17-10-8-15(9-11-17)18-16-7-6-13-4-2-3-5-14(13)12-16/h2-36,64H,37H2,1H3;1-13H;2-12,18H,1H3.